The Morgan fingerprint density at radius 1 is 0.690 bits per heavy atom. The lowest BCUT2D eigenvalue weighted by Gasteiger charge is -2.11. The van der Waals surface area contributed by atoms with Crippen LogP contribution in [0.25, 0.3) is 0 Å². The van der Waals surface area contributed by atoms with Gasteiger partial charge in [0.25, 0.3) is 0 Å². The van der Waals surface area contributed by atoms with Crippen LogP contribution in [0.15, 0.2) is 89.2 Å². The lowest BCUT2D eigenvalue weighted by Crippen LogP contribution is -2.16. The van der Waals surface area contributed by atoms with Gasteiger partial charge in [-0.2, -0.15) is 4.57 Å². The molecule has 0 amide bonds. The molecule has 3 aromatic carbocycles. The molecule has 9 heteroatoms. The largest absolute Gasteiger partial charge is 0.689 e. The van der Waals surface area contributed by atoms with Gasteiger partial charge in [-0.25, -0.2) is 0 Å². The van der Waals surface area contributed by atoms with Gasteiger partial charge in [-0.1, -0.05) is 76.0 Å². The van der Waals surface area contributed by atoms with Crippen LogP contribution in [0, 0.1) is 0 Å². The first kappa shape index (κ1) is 19.5. The fraction of sp³-hybridized carbons (Fsp3) is 0. The molecule has 6 nitrogen and oxygen atoms in total. The highest BCUT2D eigenvalue weighted by Crippen LogP contribution is 2.51. The standard InChI is InChI=1S/C20H13Cl2N2O4P/c21-16-10-6-14(7-11-16)19-20(15-8-12-17(22)13-9-15)24-28-29(25,27-23-19)26-18-4-2-1-3-5-18/h1-13H. The number of oxime groups is 2. The Morgan fingerprint density at radius 3 is 1.59 bits per heavy atom. The molecule has 0 unspecified atom stereocenters. The molecular formula is C20H13Cl2N2O4P. The van der Waals surface area contributed by atoms with E-state index in [0.29, 0.717) is 38.3 Å². The molecule has 0 fully saturated rings. The first-order chi connectivity index (χ1) is 14.0. The number of benzene rings is 3. The summed E-state index contributed by atoms with van der Waals surface area (Å²) in [6.07, 6.45) is 0. The van der Waals surface area contributed by atoms with Gasteiger partial charge in [0.1, 0.15) is 17.2 Å². The minimum atomic E-state index is -4.14. The van der Waals surface area contributed by atoms with Crippen LogP contribution in [0.2, 0.25) is 10.0 Å². The van der Waals surface area contributed by atoms with Crippen LogP contribution in [0.1, 0.15) is 11.1 Å². The summed E-state index contributed by atoms with van der Waals surface area (Å²) < 4.78 is 28.7. The van der Waals surface area contributed by atoms with E-state index in [1.165, 1.54) is 0 Å². The van der Waals surface area contributed by atoms with Gasteiger partial charge in [-0.3, -0.25) is 9.25 Å². The summed E-state index contributed by atoms with van der Waals surface area (Å²) in [5.41, 5.74) is 1.89. The van der Waals surface area contributed by atoms with Crippen LogP contribution < -0.4 is 4.52 Å². The molecule has 1 aliphatic rings. The number of para-hydroxylation sites is 1. The highest BCUT2D eigenvalue weighted by molar-refractivity contribution is 7.48. The average molecular weight is 447 g/mol. The first-order valence-electron chi connectivity index (χ1n) is 8.43. The molecule has 0 spiro atoms. The smallest absolute Gasteiger partial charge is 0.384 e. The highest BCUT2D eigenvalue weighted by atomic mass is 35.5. The molecule has 0 bridgehead atoms. The Hall–Kier alpha value is -2.79. The normalized spacial score (nSPS) is 15.2. The fourth-order valence-electron chi connectivity index (χ4n) is 2.52. The van der Waals surface area contributed by atoms with Gasteiger partial charge in [-0.05, 0) is 36.4 Å². The number of hydrogen-bond donors (Lipinski definition) is 0. The topological polar surface area (TPSA) is 69.5 Å². The van der Waals surface area contributed by atoms with Crippen LogP contribution in [0.4, 0.5) is 0 Å². The van der Waals surface area contributed by atoms with Crippen molar-refractivity contribution < 1.29 is 18.3 Å². The van der Waals surface area contributed by atoms with Gasteiger partial charge in [0, 0.05) is 21.2 Å². The van der Waals surface area contributed by atoms with Crippen molar-refractivity contribution in [3.8, 4) is 5.75 Å². The van der Waals surface area contributed by atoms with Crippen molar-refractivity contribution in [2.45, 2.75) is 0 Å². The molecule has 0 saturated heterocycles. The van der Waals surface area contributed by atoms with Crippen LogP contribution >= 0.6 is 31.0 Å². The van der Waals surface area contributed by atoms with Crippen LogP contribution in [-0.4, -0.2) is 11.4 Å². The van der Waals surface area contributed by atoms with Gasteiger partial charge < -0.3 is 4.52 Å². The Kier molecular flexibility index (Phi) is 5.58. The molecular weight excluding hydrogens is 434 g/mol. The Bertz CT molecular complexity index is 1050. The summed E-state index contributed by atoms with van der Waals surface area (Å²) >= 11 is 12.0. The van der Waals surface area contributed by atoms with Crippen molar-refractivity contribution in [3.63, 3.8) is 0 Å². The second-order valence-corrected chi connectivity index (χ2v) is 8.18. The van der Waals surface area contributed by atoms with Crippen molar-refractivity contribution in [2.24, 2.45) is 10.3 Å². The van der Waals surface area contributed by atoms with Crippen LogP contribution in [0.5, 0.6) is 5.75 Å². The second-order valence-electron chi connectivity index (χ2n) is 5.91. The van der Waals surface area contributed by atoms with E-state index in [1.807, 2.05) is 0 Å². The van der Waals surface area contributed by atoms with E-state index in [2.05, 4.69) is 10.3 Å². The van der Waals surface area contributed by atoms with E-state index in [9.17, 15) is 4.57 Å². The van der Waals surface area contributed by atoms with Crippen LogP contribution in [0.3, 0.4) is 0 Å². The molecule has 146 valence electrons. The molecule has 0 atom stereocenters. The number of hydrogen-bond acceptors (Lipinski definition) is 6. The molecule has 1 aliphatic heterocycles. The van der Waals surface area contributed by atoms with E-state index in [4.69, 9.17) is 37.0 Å². The third-order valence-corrected chi connectivity index (χ3v) is 5.39. The molecule has 0 saturated carbocycles. The van der Waals surface area contributed by atoms with Crippen molar-refractivity contribution in [3.05, 3.63) is 100 Å². The maximum absolute atomic E-state index is 13.0. The third kappa shape index (κ3) is 4.62. The summed E-state index contributed by atoms with van der Waals surface area (Å²) in [5.74, 6) is 0.296. The fourth-order valence-corrected chi connectivity index (χ4v) is 3.61. The van der Waals surface area contributed by atoms with Crippen LogP contribution in [-0.2, 0) is 13.8 Å². The first-order valence-corrected chi connectivity index (χ1v) is 10.6. The van der Waals surface area contributed by atoms with Crippen molar-refractivity contribution >= 4 is 42.4 Å². The SMILES string of the molecule is O=P1(Oc2ccccc2)ON=C(c2ccc(Cl)cc2)C(c2ccc(Cl)cc2)=NO1. The lowest BCUT2D eigenvalue weighted by molar-refractivity contribution is 0.168. The molecule has 0 aromatic heterocycles. The maximum atomic E-state index is 13.0. The molecule has 1 heterocycles. The summed E-state index contributed by atoms with van der Waals surface area (Å²) in [7, 11) is -4.14. The number of rotatable bonds is 4. The molecule has 3 aromatic rings. The zero-order chi connectivity index (χ0) is 20.3. The zero-order valence-corrected chi connectivity index (χ0v) is 17.1. The predicted octanol–water partition coefficient (Wildman–Crippen LogP) is 6.34. The Morgan fingerprint density at radius 2 is 1.14 bits per heavy atom. The quantitative estimate of drug-likeness (QED) is 0.438. The predicted molar refractivity (Wildman–Crippen MR) is 113 cm³/mol. The minimum Gasteiger partial charge on any atom is -0.384 e. The Labute approximate surface area is 176 Å². The summed E-state index contributed by atoms with van der Waals surface area (Å²) in [4.78, 5) is 0. The second kappa shape index (κ2) is 8.29. The zero-order valence-electron chi connectivity index (χ0n) is 14.7. The van der Waals surface area contributed by atoms with Crippen molar-refractivity contribution in [1.82, 2.24) is 0 Å². The van der Waals surface area contributed by atoms with E-state index in [0.717, 1.165) is 0 Å². The van der Waals surface area contributed by atoms with Crippen molar-refractivity contribution in [2.75, 3.05) is 0 Å². The molecule has 0 aliphatic carbocycles. The molecule has 0 radical (unpaired) electrons. The van der Waals surface area contributed by atoms with E-state index < -0.39 is 7.82 Å². The minimum absolute atomic E-state index is 0.296. The maximum Gasteiger partial charge on any atom is 0.689 e. The van der Waals surface area contributed by atoms with Gasteiger partial charge >= 0.3 is 7.82 Å². The van der Waals surface area contributed by atoms with E-state index in [-0.39, 0.29) is 0 Å². The Balaban J connectivity index is 1.75. The van der Waals surface area contributed by atoms with Gasteiger partial charge in [-0.15, -0.1) is 0 Å². The molecule has 0 N–H and O–H groups in total. The van der Waals surface area contributed by atoms with E-state index in [1.54, 1.807) is 78.9 Å². The third-order valence-electron chi connectivity index (χ3n) is 3.88. The summed E-state index contributed by atoms with van der Waals surface area (Å²) in [6.45, 7) is 0. The summed E-state index contributed by atoms with van der Waals surface area (Å²) in [5, 5.41) is 9.22. The van der Waals surface area contributed by atoms with Gasteiger partial charge in [0.2, 0.25) is 0 Å². The summed E-state index contributed by atoms with van der Waals surface area (Å²) in [6, 6.07) is 22.2. The van der Waals surface area contributed by atoms with Gasteiger partial charge in [0.15, 0.2) is 0 Å². The number of phosphoric acid groups is 1. The average Bonchev–Trinajstić information content (AvgIpc) is 2.89. The van der Waals surface area contributed by atoms with Gasteiger partial charge in [0.05, 0.1) is 0 Å². The highest BCUT2D eigenvalue weighted by Gasteiger charge is 2.37. The number of nitrogens with zero attached hydrogens (tertiary/aromatic N) is 2. The number of halogens is 2. The van der Waals surface area contributed by atoms with Crippen molar-refractivity contribution in [1.29, 1.82) is 0 Å². The van der Waals surface area contributed by atoms with E-state index >= 15 is 0 Å². The monoisotopic (exact) mass is 446 g/mol. The molecule has 4 rings (SSSR count). The lowest BCUT2D eigenvalue weighted by atomic mass is 10.00. The molecule has 29 heavy (non-hydrogen) atoms.